The highest BCUT2D eigenvalue weighted by Gasteiger charge is 2.29. The van der Waals surface area contributed by atoms with Crippen LogP contribution in [0.1, 0.15) is 42.9 Å². The minimum absolute atomic E-state index is 0.0592. The van der Waals surface area contributed by atoms with Crippen LogP contribution in [0.2, 0.25) is 0 Å². The van der Waals surface area contributed by atoms with E-state index in [0.717, 1.165) is 25.9 Å². The molecule has 0 amide bonds. The molecule has 1 aromatic rings. The maximum absolute atomic E-state index is 12.1. The quantitative estimate of drug-likeness (QED) is 0.790. The number of carbonyl (C=O) groups is 1. The summed E-state index contributed by atoms with van der Waals surface area (Å²) >= 11 is 0. The predicted octanol–water partition coefficient (Wildman–Crippen LogP) is 3.22. The Hall–Kier alpha value is -1.35. The van der Waals surface area contributed by atoms with E-state index in [4.69, 9.17) is 4.74 Å². The SMILES string of the molecule is CCOC(=O)C1CCCCN1Cc1ccc(C)c(C)c1. The van der Waals surface area contributed by atoms with E-state index in [1.807, 2.05) is 6.92 Å². The van der Waals surface area contributed by atoms with Crippen LogP contribution in [0.25, 0.3) is 0 Å². The molecule has 3 nitrogen and oxygen atoms in total. The molecular weight excluding hydrogens is 250 g/mol. The maximum Gasteiger partial charge on any atom is 0.323 e. The average Bonchev–Trinajstić information content (AvgIpc) is 2.44. The van der Waals surface area contributed by atoms with Crippen molar-refractivity contribution in [2.75, 3.05) is 13.2 Å². The minimum Gasteiger partial charge on any atom is -0.465 e. The van der Waals surface area contributed by atoms with Crippen LogP contribution >= 0.6 is 0 Å². The molecule has 0 bridgehead atoms. The molecule has 0 saturated carbocycles. The van der Waals surface area contributed by atoms with Gasteiger partial charge in [0.15, 0.2) is 0 Å². The lowest BCUT2D eigenvalue weighted by Gasteiger charge is -2.34. The minimum atomic E-state index is -0.0645. The fraction of sp³-hybridized carbons (Fsp3) is 0.588. The Balaban J connectivity index is 2.08. The van der Waals surface area contributed by atoms with Gasteiger partial charge < -0.3 is 4.74 Å². The normalized spacial score (nSPS) is 19.9. The second-order valence-electron chi connectivity index (χ2n) is 5.65. The largest absolute Gasteiger partial charge is 0.465 e. The number of likely N-dealkylation sites (tertiary alicyclic amines) is 1. The Morgan fingerprint density at radius 2 is 2.10 bits per heavy atom. The highest BCUT2D eigenvalue weighted by Crippen LogP contribution is 2.21. The van der Waals surface area contributed by atoms with Crippen LogP contribution in [0.3, 0.4) is 0 Å². The van der Waals surface area contributed by atoms with Crippen LogP contribution in [-0.2, 0) is 16.1 Å². The maximum atomic E-state index is 12.1. The van der Waals surface area contributed by atoms with Gasteiger partial charge in [-0.25, -0.2) is 0 Å². The number of nitrogens with zero attached hydrogens (tertiary/aromatic N) is 1. The third-order valence-corrected chi connectivity index (χ3v) is 4.13. The van der Waals surface area contributed by atoms with E-state index in [1.54, 1.807) is 0 Å². The Kier molecular flexibility index (Phi) is 5.18. The summed E-state index contributed by atoms with van der Waals surface area (Å²) in [4.78, 5) is 14.3. The van der Waals surface area contributed by atoms with Crippen molar-refractivity contribution < 1.29 is 9.53 Å². The summed E-state index contributed by atoms with van der Waals surface area (Å²) in [6, 6.07) is 6.49. The van der Waals surface area contributed by atoms with Gasteiger partial charge in [0.2, 0.25) is 0 Å². The molecule has 1 heterocycles. The molecule has 1 aliphatic rings. The first-order chi connectivity index (χ1) is 9.61. The number of hydrogen-bond acceptors (Lipinski definition) is 3. The van der Waals surface area contributed by atoms with Crippen molar-refractivity contribution in [3.8, 4) is 0 Å². The molecule has 0 aliphatic carbocycles. The summed E-state index contributed by atoms with van der Waals surface area (Å²) in [6.07, 6.45) is 3.21. The lowest BCUT2D eigenvalue weighted by atomic mass is 10.00. The summed E-state index contributed by atoms with van der Waals surface area (Å²) in [7, 11) is 0. The summed E-state index contributed by atoms with van der Waals surface area (Å²) in [6.45, 7) is 8.42. The van der Waals surface area contributed by atoms with E-state index in [2.05, 4.69) is 36.9 Å². The molecule has 0 spiro atoms. The Labute approximate surface area is 121 Å². The third-order valence-electron chi connectivity index (χ3n) is 4.13. The molecule has 0 aromatic heterocycles. The first-order valence-corrected chi connectivity index (χ1v) is 7.58. The third kappa shape index (κ3) is 3.60. The molecule has 0 radical (unpaired) electrons. The number of piperidine rings is 1. The molecule has 0 N–H and O–H groups in total. The van der Waals surface area contributed by atoms with Gasteiger partial charge in [-0.05, 0) is 56.8 Å². The monoisotopic (exact) mass is 275 g/mol. The van der Waals surface area contributed by atoms with E-state index in [9.17, 15) is 4.79 Å². The van der Waals surface area contributed by atoms with Gasteiger partial charge in [-0.1, -0.05) is 24.6 Å². The molecule has 1 saturated heterocycles. The molecule has 1 atom stereocenters. The van der Waals surface area contributed by atoms with Gasteiger partial charge in [0.25, 0.3) is 0 Å². The smallest absolute Gasteiger partial charge is 0.323 e. The van der Waals surface area contributed by atoms with Crippen molar-refractivity contribution in [3.05, 3.63) is 34.9 Å². The Bertz CT molecular complexity index is 470. The molecular formula is C17H25NO2. The van der Waals surface area contributed by atoms with Crippen molar-refractivity contribution in [2.45, 2.75) is 52.6 Å². The lowest BCUT2D eigenvalue weighted by Crippen LogP contribution is -2.44. The van der Waals surface area contributed by atoms with E-state index < -0.39 is 0 Å². The Morgan fingerprint density at radius 3 is 2.80 bits per heavy atom. The van der Waals surface area contributed by atoms with Crippen LogP contribution in [0.4, 0.5) is 0 Å². The van der Waals surface area contributed by atoms with E-state index in [-0.39, 0.29) is 12.0 Å². The van der Waals surface area contributed by atoms with E-state index in [0.29, 0.717) is 6.61 Å². The summed E-state index contributed by atoms with van der Waals surface area (Å²) < 4.78 is 5.21. The number of esters is 1. The summed E-state index contributed by atoms with van der Waals surface area (Å²) in [5.74, 6) is -0.0592. The fourth-order valence-corrected chi connectivity index (χ4v) is 2.82. The first-order valence-electron chi connectivity index (χ1n) is 7.58. The zero-order chi connectivity index (χ0) is 14.5. The van der Waals surface area contributed by atoms with Crippen molar-refractivity contribution in [3.63, 3.8) is 0 Å². The van der Waals surface area contributed by atoms with Gasteiger partial charge >= 0.3 is 5.97 Å². The van der Waals surface area contributed by atoms with Gasteiger partial charge in [0, 0.05) is 6.54 Å². The number of carbonyl (C=O) groups excluding carboxylic acids is 1. The Morgan fingerprint density at radius 1 is 1.30 bits per heavy atom. The molecule has 1 fully saturated rings. The van der Waals surface area contributed by atoms with Crippen LogP contribution in [-0.4, -0.2) is 30.1 Å². The molecule has 1 aliphatic heterocycles. The number of aryl methyl sites for hydroxylation is 2. The molecule has 1 aromatic carbocycles. The molecule has 110 valence electrons. The summed E-state index contributed by atoms with van der Waals surface area (Å²) in [5.41, 5.74) is 3.91. The van der Waals surface area contributed by atoms with Gasteiger partial charge in [-0.15, -0.1) is 0 Å². The van der Waals surface area contributed by atoms with Gasteiger partial charge in [-0.3, -0.25) is 9.69 Å². The van der Waals surface area contributed by atoms with Crippen LogP contribution < -0.4 is 0 Å². The molecule has 20 heavy (non-hydrogen) atoms. The van der Waals surface area contributed by atoms with Crippen molar-refractivity contribution in [1.82, 2.24) is 4.90 Å². The van der Waals surface area contributed by atoms with Crippen molar-refractivity contribution >= 4 is 5.97 Å². The zero-order valence-corrected chi connectivity index (χ0v) is 12.8. The number of hydrogen-bond donors (Lipinski definition) is 0. The highest BCUT2D eigenvalue weighted by molar-refractivity contribution is 5.75. The fourth-order valence-electron chi connectivity index (χ4n) is 2.82. The molecule has 2 rings (SSSR count). The predicted molar refractivity (Wildman–Crippen MR) is 80.6 cm³/mol. The first kappa shape index (κ1) is 15.0. The number of benzene rings is 1. The van der Waals surface area contributed by atoms with Crippen LogP contribution in [0, 0.1) is 13.8 Å². The number of rotatable bonds is 4. The summed E-state index contributed by atoms with van der Waals surface area (Å²) in [5, 5.41) is 0. The zero-order valence-electron chi connectivity index (χ0n) is 12.8. The van der Waals surface area contributed by atoms with Gasteiger partial charge in [0.05, 0.1) is 6.61 Å². The standard InChI is InChI=1S/C17H25NO2/c1-4-20-17(19)16-7-5-6-10-18(16)12-15-9-8-13(2)14(3)11-15/h8-9,11,16H,4-7,10,12H2,1-3H3. The molecule has 3 heteroatoms. The van der Waals surface area contributed by atoms with Crippen LogP contribution in [0.5, 0.6) is 0 Å². The second kappa shape index (κ2) is 6.89. The highest BCUT2D eigenvalue weighted by atomic mass is 16.5. The van der Waals surface area contributed by atoms with E-state index in [1.165, 1.54) is 23.1 Å². The van der Waals surface area contributed by atoms with Gasteiger partial charge in [-0.2, -0.15) is 0 Å². The van der Waals surface area contributed by atoms with Gasteiger partial charge in [0.1, 0.15) is 6.04 Å². The lowest BCUT2D eigenvalue weighted by molar-refractivity contribution is -0.151. The van der Waals surface area contributed by atoms with E-state index >= 15 is 0 Å². The van der Waals surface area contributed by atoms with Crippen molar-refractivity contribution in [2.24, 2.45) is 0 Å². The topological polar surface area (TPSA) is 29.5 Å². The molecule has 1 unspecified atom stereocenters. The second-order valence-corrected chi connectivity index (χ2v) is 5.65. The van der Waals surface area contributed by atoms with Crippen molar-refractivity contribution in [1.29, 1.82) is 0 Å². The average molecular weight is 275 g/mol. The van der Waals surface area contributed by atoms with Crippen LogP contribution in [0.15, 0.2) is 18.2 Å². The number of ether oxygens (including phenoxy) is 1.